The Bertz CT molecular complexity index is 756. The Morgan fingerprint density at radius 2 is 2.05 bits per heavy atom. The molecule has 1 atom stereocenters. The van der Waals surface area contributed by atoms with Gasteiger partial charge in [-0.25, -0.2) is 9.37 Å². The molecule has 2 heterocycles. The van der Waals surface area contributed by atoms with Gasteiger partial charge in [-0.2, -0.15) is 0 Å². The van der Waals surface area contributed by atoms with E-state index in [1.807, 2.05) is 0 Å². The average molecular weight is 336 g/mol. The Hall–Kier alpha value is -1.27. The van der Waals surface area contributed by atoms with Gasteiger partial charge < -0.3 is 0 Å². The van der Waals surface area contributed by atoms with E-state index < -0.39 is 0 Å². The summed E-state index contributed by atoms with van der Waals surface area (Å²) in [7, 11) is 0. The number of nitrogens with zero attached hydrogens (tertiary/aromatic N) is 2. The summed E-state index contributed by atoms with van der Waals surface area (Å²) in [4.78, 5) is 18.3. The van der Waals surface area contributed by atoms with Crippen LogP contribution in [0, 0.1) is 5.82 Å². The zero-order valence-electron chi connectivity index (χ0n) is 12.7. The summed E-state index contributed by atoms with van der Waals surface area (Å²) in [6.45, 7) is 6.23. The van der Waals surface area contributed by atoms with Gasteiger partial charge in [0.1, 0.15) is 5.82 Å². The van der Waals surface area contributed by atoms with Crippen LogP contribution in [0.25, 0.3) is 5.69 Å². The Labute approximate surface area is 137 Å². The third kappa shape index (κ3) is 2.94. The maximum absolute atomic E-state index is 13.2. The molecule has 0 radical (unpaired) electrons. The lowest BCUT2D eigenvalue weighted by molar-refractivity contribution is 0.626. The van der Waals surface area contributed by atoms with Crippen molar-refractivity contribution in [2.24, 2.45) is 0 Å². The molecule has 0 fully saturated rings. The molecule has 22 heavy (non-hydrogen) atoms. The van der Waals surface area contributed by atoms with Crippen molar-refractivity contribution in [3.05, 3.63) is 46.1 Å². The van der Waals surface area contributed by atoms with Crippen molar-refractivity contribution in [3.63, 3.8) is 0 Å². The van der Waals surface area contributed by atoms with E-state index in [0.29, 0.717) is 21.3 Å². The van der Waals surface area contributed by atoms with E-state index in [1.165, 1.54) is 12.1 Å². The molecule has 3 rings (SSSR count). The van der Waals surface area contributed by atoms with Crippen molar-refractivity contribution in [1.82, 2.24) is 9.55 Å². The highest BCUT2D eigenvalue weighted by Gasteiger charge is 2.27. The Morgan fingerprint density at radius 1 is 1.36 bits per heavy atom. The fourth-order valence-electron chi connectivity index (χ4n) is 2.41. The Balaban J connectivity index is 2.20. The lowest BCUT2D eigenvalue weighted by Crippen LogP contribution is -2.24. The standard InChI is InChI=1S/C16H17FN2OS2/c1-9(2)21-16-18-13-8-10(3)22-14(13)15(20)19(16)12-6-4-11(17)5-7-12/h4-7,9-10H,8H2,1-3H3/t10-/m1/s1. The first-order valence-electron chi connectivity index (χ1n) is 7.21. The molecule has 0 N–H and O–H groups in total. The fraction of sp³-hybridized carbons (Fsp3) is 0.375. The van der Waals surface area contributed by atoms with Crippen molar-refractivity contribution < 1.29 is 4.39 Å². The maximum atomic E-state index is 13.2. The highest BCUT2D eigenvalue weighted by Crippen LogP contribution is 2.35. The van der Waals surface area contributed by atoms with Crippen LogP contribution in [0.5, 0.6) is 0 Å². The first-order chi connectivity index (χ1) is 10.5. The third-order valence-corrected chi connectivity index (χ3v) is 5.48. The van der Waals surface area contributed by atoms with Gasteiger partial charge in [0.05, 0.1) is 16.3 Å². The predicted molar refractivity (Wildman–Crippen MR) is 89.8 cm³/mol. The van der Waals surface area contributed by atoms with Crippen LogP contribution in [-0.2, 0) is 6.42 Å². The van der Waals surface area contributed by atoms with Gasteiger partial charge in [0, 0.05) is 16.9 Å². The fourth-order valence-corrected chi connectivity index (χ4v) is 4.39. The molecule has 1 aliphatic rings. The van der Waals surface area contributed by atoms with E-state index >= 15 is 0 Å². The van der Waals surface area contributed by atoms with Crippen LogP contribution in [-0.4, -0.2) is 20.1 Å². The summed E-state index contributed by atoms with van der Waals surface area (Å²) < 4.78 is 14.8. The quantitative estimate of drug-likeness (QED) is 0.629. The highest BCUT2D eigenvalue weighted by molar-refractivity contribution is 8.00. The van der Waals surface area contributed by atoms with Gasteiger partial charge >= 0.3 is 0 Å². The molecule has 6 heteroatoms. The van der Waals surface area contributed by atoms with Crippen molar-refractivity contribution >= 4 is 23.5 Å². The molecular weight excluding hydrogens is 319 g/mol. The second-order valence-electron chi connectivity index (χ2n) is 5.59. The van der Waals surface area contributed by atoms with Crippen LogP contribution in [0.15, 0.2) is 39.1 Å². The summed E-state index contributed by atoms with van der Waals surface area (Å²) in [5.74, 6) is -0.313. The van der Waals surface area contributed by atoms with Crippen molar-refractivity contribution in [2.75, 3.05) is 0 Å². The number of aromatic nitrogens is 2. The van der Waals surface area contributed by atoms with Gasteiger partial charge in [0.25, 0.3) is 5.56 Å². The highest BCUT2D eigenvalue weighted by atomic mass is 32.2. The number of hydrogen-bond donors (Lipinski definition) is 0. The van der Waals surface area contributed by atoms with Crippen molar-refractivity contribution in [1.29, 1.82) is 0 Å². The predicted octanol–water partition coefficient (Wildman–Crippen LogP) is 3.91. The monoisotopic (exact) mass is 336 g/mol. The minimum absolute atomic E-state index is 0.0471. The van der Waals surface area contributed by atoms with Gasteiger partial charge in [-0.05, 0) is 24.3 Å². The molecular formula is C16H17FN2OS2. The molecule has 2 aromatic rings. The normalized spacial score (nSPS) is 17.0. The number of thioether (sulfide) groups is 2. The van der Waals surface area contributed by atoms with Crippen LogP contribution in [0.2, 0.25) is 0 Å². The van der Waals surface area contributed by atoms with Crippen LogP contribution in [0.1, 0.15) is 26.5 Å². The SMILES string of the molecule is CC(C)Sc1nc2c(c(=O)n1-c1ccc(F)cc1)S[C@H](C)C2. The second kappa shape index (κ2) is 6.08. The zero-order valence-corrected chi connectivity index (χ0v) is 14.3. The van der Waals surface area contributed by atoms with Gasteiger partial charge in [-0.15, -0.1) is 11.8 Å². The number of hydrogen-bond acceptors (Lipinski definition) is 4. The molecule has 0 saturated carbocycles. The minimum Gasteiger partial charge on any atom is -0.268 e. The molecule has 0 saturated heterocycles. The third-order valence-electron chi connectivity index (χ3n) is 3.31. The smallest absolute Gasteiger partial charge is 0.268 e. The van der Waals surface area contributed by atoms with Crippen molar-refractivity contribution in [3.8, 4) is 5.69 Å². The Kier molecular flexibility index (Phi) is 4.32. The van der Waals surface area contributed by atoms with E-state index in [9.17, 15) is 9.18 Å². The summed E-state index contributed by atoms with van der Waals surface area (Å²) in [6.07, 6.45) is 0.825. The lowest BCUT2D eigenvalue weighted by atomic mass is 10.2. The molecule has 116 valence electrons. The second-order valence-corrected chi connectivity index (χ2v) is 8.58. The number of halogens is 1. The Morgan fingerprint density at radius 3 is 2.68 bits per heavy atom. The molecule has 1 aliphatic heterocycles. The van der Waals surface area contributed by atoms with Gasteiger partial charge in [-0.3, -0.25) is 9.36 Å². The van der Waals surface area contributed by atoms with E-state index in [2.05, 4.69) is 20.8 Å². The van der Waals surface area contributed by atoms with Crippen LogP contribution in [0.4, 0.5) is 4.39 Å². The largest absolute Gasteiger partial charge is 0.272 e. The van der Waals surface area contributed by atoms with Crippen molar-refractivity contribution in [2.45, 2.75) is 47.7 Å². The molecule has 0 aliphatic carbocycles. The van der Waals surface area contributed by atoms with E-state index in [1.54, 1.807) is 40.2 Å². The van der Waals surface area contributed by atoms with Gasteiger partial charge in [0.2, 0.25) is 0 Å². The minimum atomic E-state index is -0.313. The summed E-state index contributed by atoms with van der Waals surface area (Å²) in [5.41, 5.74) is 1.50. The summed E-state index contributed by atoms with van der Waals surface area (Å²) >= 11 is 3.13. The molecule has 0 unspecified atom stereocenters. The molecule has 1 aromatic carbocycles. The van der Waals surface area contributed by atoms with Crippen LogP contribution in [0.3, 0.4) is 0 Å². The van der Waals surface area contributed by atoms with E-state index in [0.717, 1.165) is 17.0 Å². The number of benzene rings is 1. The van der Waals surface area contributed by atoms with Gasteiger partial charge in [0.15, 0.2) is 5.16 Å². The molecule has 0 spiro atoms. The first-order valence-corrected chi connectivity index (χ1v) is 8.97. The number of fused-ring (bicyclic) bond motifs is 1. The van der Waals surface area contributed by atoms with E-state index in [4.69, 9.17) is 4.98 Å². The lowest BCUT2D eigenvalue weighted by Gasteiger charge is -2.14. The molecule has 0 bridgehead atoms. The van der Waals surface area contributed by atoms with Gasteiger partial charge in [-0.1, -0.05) is 32.5 Å². The van der Waals surface area contributed by atoms with Crippen LogP contribution < -0.4 is 5.56 Å². The topological polar surface area (TPSA) is 34.9 Å². The van der Waals surface area contributed by atoms with Crippen LogP contribution >= 0.6 is 23.5 Å². The zero-order chi connectivity index (χ0) is 15.9. The molecule has 3 nitrogen and oxygen atoms in total. The molecule has 1 aromatic heterocycles. The average Bonchev–Trinajstić information content (AvgIpc) is 2.81. The first kappa shape index (κ1) is 15.6. The van der Waals surface area contributed by atoms with E-state index in [-0.39, 0.29) is 11.4 Å². The molecule has 0 amide bonds. The maximum Gasteiger partial charge on any atom is 0.272 e. The number of rotatable bonds is 3. The summed E-state index contributed by atoms with van der Waals surface area (Å²) in [6, 6.07) is 5.99. The summed E-state index contributed by atoms with van der Waals surface area (Å²) in [5, 5.41) is 1.36.